The highest BCUT2D eigenvalue weighted by atomic mass is 32.1. The van der Waals surface area contributed by atoms with E-state index < -0.39 is 0 Å². The van der Waals surface area contributed by atoms with E-state index in [1.54, 1.807) is 6.20 Å². The van der Waals surface area contributed by atoms with Gasteiger partial charge in [-0.2, -0.15) is 0 Å². The van der Waals surface area contributed by atoms with Crippen molar-refractivity contribution in [3.63, 3.8) is 0 Å². The van der Waals surface area contributed by atoms with Gasteiger partial charge in [0.05, 0.1) is 10.4 Å². The van der Waals surface area contributed by atoms with Gasteiger partial charge in [0.25, 0.3) is 0 Å². The maximum Gasteiger partial charge on any atom is 0.192 e. The second-order valence-corrected chi connectivity index (χ2v) is 10.9. The second kappa shape index (κ2) is 8.97. The van der Waals surface area contributed by atoms with Crippen LogP contribution in [0, 0.1) is 7.05 Å². The summed E-state index contributed by atoms with van der Waals surface area (Å²) in [4.78, 5) is 4.49. The Labute approximate surface area is 235 Å². The van der Waals surface area contributed by atoms with Gasteiger partial charge in [-0.15, -0.1) is 11.3 Å². The van der Waals surface area contributed by atoms with Crippen LogP contribution in [0.1, 0.15) is 0 Å². The van der Waals surface area contributed by atoms with Gasteiger partial charge >= 0.3 is 0 Å². The van der Waals surface area contributed by atoms with Crippen LogP contribution in [0.25, 0.3) is 59.1 Å². The van der Waals surface area contributed by atoms with Crippen LogP contribution < -0.4 is 9.30 Å². The van der Waals surface area contributed by atoms with E-state index in [-0.39, 0.29) is 0 Å². The van der Waals surface area contributed by atoms with Crippen molar-refractivity contribution in [1.82, 2.24) is 9.55 Å². The molecular formula is C35H23N3OS. The van der Waals surface area contributed by atoms with Crippen molar-refractivity contribution >= 4 is 53.4 Å². The SMILES string of the molecule is [CH2-][n+]1cccc2c3ccc4c5ccccc5sc4c3n(-c3cccc(Oc4cccc(-c5ccccn5)c4)c3)c21. The maximum atomic E-state index is 6.41. The normalized spacial score (nSPS) is 11.6. The van der Waals surface area contributed by atoms with Gasteiger partial charge in [-0.25, -0.2) is 4.57 Å². The first-order valence-electron chi connectivity index (χ1n) is 13.1. The van der Waals surface area contributed by atoms with Crippen molar-refractivity contribution in [2.24, 2.45) is 0 Å². The summed E-state index contributed by atoms with van der Waals surface area (Å²) < 4.78 is 13.2. The topological polar surface area (TPSA) is 30.9 Å². The zero-order valence-electron chi connectivity index (χ0n) is 21.5. The van der Waals surface area contributed by atoms with Crippen LogP contribution in [0.2, 0.25) is 0 Å². The number of fused-ring (bicyclic) bond motifs is 7. The van der Waals surface area contributed by atoms with E-state index in [9.17, 15) is 0 Å². The summed E-state index contributed by atoms with van der Waals surface area (Å²) >= 11 is 1.84. The van der Waals surface area contributed by atoms with Gasteiger partial charge in [0, 0.05) is 44.1 Å². The van der Waals surface area contributed by atoms with Crippen LogP contribution in [-0.4, -0.2) is 9.55 Å². The zero-order chi connectivity index (χ0) is 26.6. The molecule has 5 heteroatoms. The molecule has 190 valence electrons. The predicted octanol–water partition coefficient (Wildman–Crippen LogP) is 8.93. The third-order valence-corrected chi connectivity index (χ3v) is 8.59. The largest absolute Gasteiger partial charge is 0.457 e. The third kappa shape index (κ3) is 3.56. The van der Waals surface area contributed by atoms with E-state index in [1.807, 2.05) is 76.7 Å². The average Bonchev–Trinajstić information content (AvgIpc) is 3.55. The molecule has 0 atom stereocenters. The molecule has 4 aromatic carbocycles. The molecule has 0 saturated carbocycles. The third-order valence-electron chi connectivity index (χ3n) is 7.39. The zero-order valence-corrected chi connectivity index (χ0v) is 22.3. The number of ether oxygens (including phenoxy) is 1. The van der Waals surface area contributed by atoms with Crippen LogP contribution in [0.3, 0.4) is 0 Å². The molecule has 0 aliphatic heterocycles. The molecule has 8 rings (SSSR count). The highest BCUT2D eigenvalue weighted by Gasteiger charge is 2.22. The Morgan fingerprint density at radius 3 is 2.40 bits per heavy atom. The summed E-state index contributed by atoms with van der Waals surface area (Å²) in [7, 11) is 4.34. The summed E-state index contributed by atoms with van der Waals surface area (Å²) in [5, 5.41) is 4.93. The molecule has 0 amide bonds. The van der Waals surface area contributed by atoms with Crippen molar-refractivity contribution in [2.75, 3.05) is 0 Å². The fourth-order valence-corrected chi connectivity index (χ4v) is 6.89. The molecule has 4 nitrogen and oxygen atoms in total. The lowest BCUT2D eigenvalue weighted by molar-refractivity contribution is -0.586. The number of benzene rings is 4. The lowest BCUT2D eigenvalue weighted by atomic mass is 10.1. The van der Waals surface area contributed by atoms with Crippen molar-refractivity contribution in [3.05, 3.63) is 135 Å². The van der Waals surface area contributed by atoms with E-state index in [4.69, 9.17) is 4.74 Å². The summed E-state index contributed by atoms with van der Waals surface area (Å²) in [5.41, 5.74) is 5.18. The van der Waals surface area contributed by atoms with E-state index in [2.05, 4.69) is 77.3 Å². The standard InChI is InChI=1S/C35H23N3OS/c1-37-20-8-14-30-28-17-18-29-27-13-2-3-16-32(27)40-34(29)33(28)38(35(30)37)24-10-7-12-26(22-24)39-25-11-6-9-23(21-25)31-15-4-5-19-36-31/h2-22H,1H2. The van der Waals surface area contributed by atoms with Gasteiger partial charge in [-0.05, 0) is 55.7 Å². The molecule has 40 heavy (non-hydrogen) atoms. The Hall–Kier alpha value is -5.13. The number of pyridine rings is 2. The molecule has 0 aliphatic rings. The predicted molar refractivity (Wildman–Crippen MR) is 164 cm³/mol. The number of rotatable bonds is 4. The Bertz CT molecular complexity index is 2210. The van der Waals surface area contributed by atoms with Crippen molar-refractivity contribution in [1.29, 1.82) is 0 Å². The monoisotopic (exact) mass is 533 g/mol. The highest BCUT2D eigenvalue weighted by molar-refractivity contribution is 7.26. The number of hydrogen-bond donors (Lipinski definition) is 0. The highest BCUT2D eigenvalue weighted by Crippen LogP contribution is 2.42. The van der Waals surface area contributed by atoms with Gasteiger partial charge in [-0.1, -0.05) is 66.7 Å². The molecule has 0 unspecified atom stereocenters. The summed E-state index contributed by atoms with van der Waals surface area (Å²) in [6.45, 7) is 0. The van der Waals surface area contributed by atoms with Crippen molar-refractivity contribution in [3.8, 4) is 28.4 Å². The summed E-state index contributed by atoms with van der Waals surface area (Å²) in [6, 6.07) is 39.6. The maximum absolute atomic E-state index is 6.41. The minimum absolute atomic E-state index is 0.765. The number of nitrogens with zero attached hydrogens (tertiary/aromatic N) is 3. The minimum Gasteiger partial charge on any atom is -0.457 e. The number of thiophene rings is 1. The Balaban J connectivity index is 1.32. The van der Waals surface area contributed by atoms with Crippen LogP contribution >= 0.6 is 11.3 Å². The van der Waals surface area contributed by atoms with Crippen molar-refractivity contribution < 1.29 is 9.30 Å². The average molecular weight is 534 g/mol. The molecule has 8 aromatic rings. The second-order valence-electron chi connectivity index (χ2n) is 9.83. The van der Waals surface area contributed by atoms with E-state index in [1.165, 1.54) is 36.5 Å². The van der Waals surface area contributed by atoms with E-state index >= 15 is 0 Å². The van der Waals surface area contributed by atoms with E-state index in [0.717, 1.165) is 34.1 Å². The van der Waals surface area contributed by atoms with Gasteiger partial charge in [-0.3, -0.25) is 4.98 Å². The van der Waals surface area contributed by atoms with Crippen LogP contribution in [0.5, 0.6) is 11.5 Å². The fourth-order valence-electron chi connectivity index (χ4n) is 5.65. The molecule has 4 aromatic heterocycles. The quantitative estimate of drug-likeness (QED) is 0.167. The fraction of sp³-hybridized carbons (Fsp3) is 0. The van der Waals surface area contributed by atoms with Crippen LogP contribution in [0.15, 0.2) is 128 Å². The van der Waals surface area contributed by atoms with Gasteiger partial charge in [0.2, 0.25) is 0 Å². The van der Waals surface area contributed by atoms with Crippen molar-refractivity contribution in [2.45, 2.75) is 0 Å². The molecule has 0 spiro atoms. The van der Waals surface area contributed by atoms with Gasteiger partial charge in [0.1, 0.15) is 22.7 Å². The Morgan fingerprint density at radius 1 is 0.700 bits per heavy atom. The molecule has 0 saturated heterocycles. The van der Waals surface area contributed by atoms with Crippen LogP contribution in [0.4, 0.5) is 0 Å². The lowest BCUT2D eigenvalue weighted by Gasteiger charge is -2.11. The van der Waals surface area contributed by atoms with Gasteiger partial charge in [0.15, 0.2) is 5.65 Å². The molecular weight excluding hydrogens is 510 g/mol. The Morgan fingerprint density at radius 2 is 1.50 bits per heavy atom. The lowest BCUT2D eigenvalue weighted by Crippen LogP contribution is -2.27. The molecule has 0 radical (unpaired) electrons. The summed E-state index contributed by atoms with van der Waals surface area (Å²) in [6.07, 6.45) is 3.81. The molecule has 0 aliphatic carbocycles. The smallest absolute Gasteiger partial charge is 0.192 e. The van der Waals surface area contributed by atoms with Crippen LogP contribution in [-0.2, 0) is 0 Å². The molecule has 0 bridgehead atoms. The summed E-state index contributed by atoms with van der Waals surface area (Å²) in [5.74, 6) is 1.53. The van der Waals surface area contributed by atoms with Gasteiger partial charge < -0.3 is 9.30 Å². The van der Waals surface area contributed by atoms with E-state index in [0.29, 0.717) is 0 Å². The molecule has 0 N–H and O–H groups in total. The molecule has 4 heterocycles. The number of hydrogen-bond acceptors (Lipinski definition) is 3. The minimum atomic E-state index is 0.765. The number of aromatic nitrogens is 3. The molecule has 0 fully saturated rings. The first-order valence-corrected chi connectivity index (χ1v) is 14.0. The Kier molecular flexibility index (Phi) is 5.12. The first kappa shape index (κ1) is 22.8. The first-order chi connectivity index (χ1) is 19.7.